The van der Waals surface area contributed by atoms with Crippen LogP contribution in [0.25, 0.3) is 11.0 Å². The molecule has 2 aromatic carbocycles. The summed E-state index contributed by atoms with van der Waals surface area (Å²) in [6, 6.07) is 11.6. The summed E-state index contributed by atoms with van der Waals surface area (Å²) in [4.78, 5) is 23.6. The van der Waals surface area contributed by atoms with Gasteiger partial charge in [0.05, 0.1) is 18.9 Å². The smallest absolute Gasteiger partial charge is 0.550 e. The van der Waals surface area contributed by atoms with E-state index in [9.17, 15) is 14.7 Å². The summed E-state index contributed by atoms with van der Waals surface area (Å²) >= 11 is 0. The van der Waals surface area contributed by atoms with Crippen molar-refractivity contribution in [1.82, 2.24) is 0 Å². The van der Waals surface area contributed by atoms with Crippen LogP contribution >= 0.6 is 0 Å². The Morgan fingerprint density at radius 3 is 2.46 bits per heavy atom. The van der Waals surface area contributed by atoms with Crippen molar-refractivity contribution < 1.29 is 75.2 Å². The number of ketones is 1. The van der Waals surface area contributed by atoms with E-state index in [2.05, 4.69) is 0 Å². The summed E-state index contributed by atoms with van der Waals surface area (Å²) in [5, 5.41) is 11.5. The number of carboxylic acid groups (broad SMARTS) is 1. The number of methoxy groups -OCH3 is 1. The first kappa shape index (κ1) is 18.9. The molecule has 0 N–H and O–H groups in total. The molecule has 0 bridgehead atoms. The van der Waals surface area contributed by atoms with Crippen LogP contribution in [-0.2, 0) is 11.2 Å². The summed E-state index contributed by atoms with van der Waals surface area (Å²) in [6.45, 7) is 0. The molecule has 3 aromatic rings. The van der Waals surface area contributed by atoms with Crippen LogP contribution in [0.4, 0.5) is 0 Å². The van der Waals surface area contributed by atoms with Crippen LogP contribution in [0.2, 0.25) is 0 Å². The predicted molar refractivity (Wildman–Crippen MR) is 81.4 cm³/mol. The van der Waals surface area contributed by atoms with Crippen LogP contribution in [0.3, 0.4) is 0 Å². The molecular formula is C18H13KO5. The SMILES string of the molecule is COc1ccc(C(=O)c2cc(CC(=O)[O-])cc3ccoc23)cc1.[K+]. The fourth-order valence-electron chi connectivity index (χ4n) is 2.48. The minimum Gasteiger partial charge on any atom is -0.550 e. The maximum Gasteiger partial charge on any atom is 1.00 e. The van der Waals surface area contributed by atoms with Gasteiger partial charge in [-0.15, -0.1) is 0 Å². The molecule has 0 saturated carbocycles. The van der Waals surface area contributed by atoms with Gasteiger partial charge in [-0.2, -0.15) is 0 Å². The Labute approximate surface area is 181 Å². The number of fused-ring (bicyclic) bond motifs is 1. The number of rotatable bonds is 5. The van der Waals surface area contributed by atoms with Gasteiger partial charge in [0.1, 0.15) is 11.3 Å². The molecular weight excluding hydrogens is 335 g/mol. The van der Waals surface area contributed by atoms with E-state index in [0.29, 0.717) is 33.4 Å². The van der Waals surface area contributed by atoms with Crippen LogP contribution < -0.4 is 61.2 Å². The van der Waals surface area contributed by atoms with Crippen molar-refractivity contribution in [3.63, 3.8) is 0 Å². The summed E-state index contributed by atoms with van der Waals surface area (Å²) in [5.41, 5.74) is 1.73. The van der Waals surface area contributed by atoms with Crippen molar-refractivity contribution in [3.8, 4) is 5.75 Å². The fraction of sp³-hybridized carbons (Fsp3) is 0.111. The van der Waals surface area contributed by atoms with Gasteiger partial charge in [0.2, 0.25) is 0 Å². The molecule has 1 heterocycles. The maximum absolute atomic E-state index is 12.7. The van der Waals surface area contributed by atoms with Crippen LogP contribution in [0.15, 0.2) is 53.1 Å². The van der Waals surface area contributed by atoms with E-state index in [1.165, 1.54) is 12.3 Å². The summed E-state index contributed by atoms with van der Waals surface area (Å²) < 4.78 is 10.5. The molecule has 116 valence electrons. The first-order valence-electron chi connectivity index (χ1n) is 6.97. The van der Waals surface area contributed by atoms with Gasteiger partial charge in [-0.05, 0) is 48.0 Å². The van der Waals surface area contributed by atoms with Crippen molar-refractivity contribution in [2.45, 2.75) is 6.42 Å². The summed E-state index contributed by atoms with van der Waals surface area (Å²) in [5.74, 6) is -0.793. The first-order chi connectivity index (χ1) is 11.1. The summed E-state index contributed by atoms with van der Waals surface area (Å²) in [7, 11) is 1.55. The number of carbonyl (C=O) groups is 2. The zero-order valence-corrected chi connectivity index (χ0v) is 16.5. The van der Waals surface area contributed by atoms with E-state index >= 15 is 0 Å². The zero-order chi connectivity index (χ0) is 16.4. The van der Waals surface area contributed by atoms with Crippen LogP contribution in [0, 0.1) is 0 Å². The Bertz CT molecular complexity index is 880. The van der Waals surface area contributed by atoms with Gasteiger partial charge in [-0.25, -0.2) is 0 Å². The van der Waals surface area contributed by atoms with Crippen molar-refractivity contribution in [2.24, 2.45) is 0 Å². The molecule has 0 aliphatic rings. The third-order valence-electron chi connectivity index (χ3n) is 3.56. The standard InChI is InChI=1S/C18H14O5.K/c1-22-14-4-2-12(3-5-14)17(21)15-9-11(10-16(19)20)8-13-6-7-23-18(13)15;/h2-9H,10H2,1H3,(H,19,20);/q;+1/p-1. The molecule has 0 atom stereocenters. The van der Waals surface area contributed by atoms with Crippen molar-refractivity contribution in [3.05, 3.63) is 65.4 Å². The van der Waals surface area contributed by atoms with Crippen LogP contribution in [-0.4, -0.2) is 18.9 Å². The third kappa shape index (κ3) is 3.96. The molecule has 0 aliphatic carbocycles. The number of hydrogen-bond acceptors (Lipinski definition) is 5. The molecule has 6 heteroatoms. The Morgan fingerprint density at radius 1 is 1.12 bits per heavy atom. The van der Waals surface area contributed by atoms with E-state index in [-0.39, 0.29) is 63.6 Å². The van der Waals surface area contributed by atoms with Crippen molar-refractivity contribution >= 4 is 22.7 Å². The number of carbonyl (C=O) groups excluding carboxylic acids is 2. The minimum atomic E-state index is -1.20. The number of furan rings is 1. The van der Waals surface area contributed by atoms with Crippen molar-refractivity contribution in [1.29, 1.82) is 0 Å². The Morgan fingerprint density at radius 2 is 1.83 bits per heavy atom. The van der Waals surface area contributed by atoms with E-state index in [1.54, 1.807) is 43.5 Å². The largest absolute Gasteiger partial charge is 1.00 e. The van der Waals surface area contributed by atoms with Gasteiger partial charge < -0.3 is 19.1 Å². The quantitative estimate of drug-likeness (QED) is 0.435. The van der Waals surface area contributed by atoms with Crippen LogP contribution in [0.1, 0.15) is 21.5 Å². The summed E-state index contributed by atoms with van der Waals surface area (Å²) in [6.07, 6.45) is 1.21. The van der Waals surface area contributed by atoms with Crippen molar-refractivity contribution in [2.75, 3.05) is 7.11 Å². The molecule has 0 spiro atoms. The number of aliphatic carboxylic acids is 1. The van der Waals surface area contributed by atoms with E-state index in [0.717, 1.165) is 0 Å². The number of hydrogen-bond donors (Lipinski definition) is 0. The molecule has 0 aliphatic heterocycles. The Hall–Kier alpha value is -1.44. The van der Waals surface area contributed by atoms with Gasteiger partial charge in [0.25, 0.3) is 0 Å². The molecule has 5 nitrogen and oxygen atoms in total. The molecule has 24 heavy (non-hydrogen) atoms. The molecule has 0 amide bonds. The maximum atomic E-state index is 12.7. The minimum absolute atomic E-state index is 0. The van der Waals surface area contributed by atoms with Crippen LogP contribution in [0.5, 0.6) is 5.75 Å². The van der Waals surface area contributed by atoms with E-state index in [1.807, 2.05) is 0 Å². The Balaban J connectivity index is 0.00000208. The Kier molecular flexibility index (Phi) is 6.37. The molecule has 0 radical (unpaired) electrons. The molecule has 0 saturated heterocycles. The van der Waals surface area contributed by atoms with E-state index in [4.69, 9.17) is 9.15 Å². The molecule has 0 fully saturated rings. The second-order valence-electron chi connectivity index (χ2n) is 5.09. The predicted octanol–water partition coefficient (Wildman–Crippen LogP) is -1.03. The van der Waals surface area contributed by atoms with Gasteiger partial charge >= 0.3 is 51.4 Å². The molecule has 3 rings (SSSR count). The number of ether oxygens (including phenoxy) is 1. The average molecular weight is 348 g/mol. The number of benzene rings is 2. The molecule has 0 unspecified atom stereocenters. The topological polar surface area (TPSA) is 79.6 Å². The zero-order valence-electron chi connectivity index (χ0n) is 13.4. The monoisotopic (exact) mass is 348 g/mol. The van der Waals surface area contributed by atoms with E-state index < -0.39 is 5.97 Å². The van der Waals surface area contributed by atoms with Gasteiger partial charge in [-0.1, -0.05) is 0 Å². The number of carboxylic acids is 1. The average Bonchev–Trinajstić information content (AvgIpc) is 3.01. The second-order valence-corrected chi connectivity index (χ2v) is 5.09. The first-order valence-corrected chi connectivity index (χ1v) is 6.97. The van der Waals surface area contributed by atoms with Gasteiger partial charge in [0.15, 0.2) is 5.78 Å². The second kappa shape index (κ2) is 8.09. The van der Waals surface area contributed by atoms with Gasteiger partial charge in [0, 0.05) is 23.3 Å². The van der Waals surface area contributed by atoms with Gasteiger partial charge in [-0.3, -0.25) is 4.79 Å². The fourth-order valence-corrected chi connectivity index (χ4v) is 2.48. The molecule has 1 aromatic heterocycles. The third-order valence-corrected chi connectivity index (χ3v) is 3.56. The normalized spacial score (nSPS) is 10.2.